The quantitative estimate of drug-likeness (QED) is 0.717. The van der Waals surface area contributed by atoms with E-state index in [2.05, 4.69) is 30.8 Å². The normalized spacial score (nSPS) is 21.7. The molecule has 110 valence electrons. The van der Waals surface area contributed by atoms with Crippen LogP contribution >= 0.6 is 0 Å². The summed E-state index contributed by atoms with van der Waals surface area (Å²) in [6.45, 7) is 3.90. The summed E-state index contributed by atoms with van der Waals surface area (Å²) in [6.07, 6.45) is 5.00. The number of fused-ring (bicyclic) bond motifs is 1. The van der Waals surface area contributed by atoms with Crippen molar-refractivity contribution in [2.45, 2.75) is 26.1 Å². The van der Waals surface area contributed by atoms with Gasteiger partial charge in [0.05, 0.1) is 11.6 Å². The maximum atomic E-state index is 5.92. The average molecular weight is 286 g/mol. The monoisotopic (exact) mass is 286 g/mol. The van der Waals surface area contributed by atoms with E-state index in [9.17, 15) is 0 Å². The molecule has 21 heavy (non-hydrogen) atoms. The van der Waals surface area contributed by atoms with Crippen molar-refractivity contribution in [1.29, 1.82) is 0 Å². The molecule has 3 rings (SSSR count). The predicted octanol–water partition coefficient (Wildman–Crippen LogP) is 0.200. The highest BCUT2D eigenvalue weighted by Crippen LogP contribution is 2.25. The number of nitrogens with two attached hydrogens (primary N) is 1. The molecule has 0 aliphatic carbocycles. The van der Waals surface area contributed by atoms with Gasteiger partial charge in [-0.25, -0.2) is 20.4 Å². The lowest BCUT2D eigenvalue weighted by Crippen LogP contribution is -2.40. The minimum atomic E-state index is -0.105. The van der Waals surface area contributed by atoms with E-state index in [1.807, 2.05) is 32.0 Å². The number of aliphatic imine (C=N–C) groups is 2. The third-order valence-corrected chi connectivity index (χ3v) is 3.65. The Kier molecular flexibility index (Phi) is 3.30. The second kappa shape index (κ2) is 5.13. The van der Waals surface area contributed by atoms with Crippen LogP contribution in [0.4, 0.5) is 5.82 Å². The first kappa shape index (κ1) is 13.5. The van der Waals surface area contributed by atoms with Crippen molar-refractivity contribution < 1.29 is 0 Å². The summed E-state index contributed by atoms with van der Waals surface area (Å²) in [7, 11) is 1.96. The Morgan fingerprint density at radius 3 is 2.86 bits per heavy atom. The number of likely N-dealkylation sites (N-methyl/N-ethyl adjacent to an activating group) is 1. The Morgan fingerprint density at radius 1 is 1.33 bits per heavy atom. The van der Waals surface area contributed by atoms with Crippen molar-refractivity contribution in [3.8, 4) is 0 Å². The van der Waals surface area contributed by atoms with Crippen molar-refractivity contribution in [2.75, 3.05) is 12.8 Å². The number of hydrogen-bond acceptors (Lipinski definition) is 8. The van der Waals surface area contributed by atoms with Crippen molar-refractivity contribution in [1.82, 2.24) is 25.7 Å². The Bertz CT molecular complexity index is 647. The highest BCUT2D eigenvalue weighted by Gasteiger charge is 2.31. The first-order valence-corrected chi connectivity index (χ1v) is 6.71. The number of aromatic nitrogens is 2. The van der Waals surface area contributed by atoms with Gasteiger partial charge in [0.15, 0.2) is 0 Å². The predicted molar refractivity (Wildman–Crippen MR) is 81.3 cm³/mol. The van der Waals surface area contributed by atoms with E-state index < -0.39 is 0 Å². The largest absolute Gasteiger partial charge is 0.382 e. The molecule has 2 aliphatic heterocycles. The molecule has 1 aromatic rings. The molecule has 2 unspecified atom stereocenters. The molecule has 2 aliphatic rings. The summed E-state index contributed by atoms with van der Waals surface area (Å²) in [5.74, 6) is 2.02. The van der Waals surface area contributed by atoms with Crippen LogP contribution in [-0.2, 0) is 0 Å². The molecule has 0 amide bonds. The average Bonchev–Trinajstić information content (AvgIpc) is 2.93. The summed E-state index contributed by atoms with van der Waals surface area (Å²) in [4.78, 5) is 19.5. The highest BCUT2D eigenvalue weighted by atomic mass is 15.4. The van der Waals surface area contributed by atoms with Crippen molar-refractivity contribution in [3.05, 3.63) is 29.9 Å². The van der Waals surface area contributed by atoms with Gasteiger partial charge in [0, 0.05) is 25.6 Å². The molecule has 0 fully saturated rings. The second-order valence-corrected chi connectivity index (χ2v) is 5.02. The molecule has 8 heteroatoms. The molecule has 1 aromatic heterocycles. The number of nitrogens with one attached hydrogen (secondary N) is 2. The third kappa shape index (κ3) is 2.33. The molecule has 0 aromatic carbocycles. The van der Waals surface area contributed by atoms with Gasteiger partial charge in [-0.15, -0.1) is 0 Å². The van der Waals surface area contributed by atoms with Crippen LogP contribution in [0.2, 0.25) is 0 Å². The number of hydrazine groups is 1. The van der Waals surface area contributed by atoms with E-state index in [0.29, 0.717) is 5.82 Å². The molecular weight excluding hydrogens is 268 g/mol. The lowest BCUT2D eigenvalue weighted by Gasteiger charge is -2.31. The molecule has 8 nitrogen and oxygen atoms in total. The minimum Gasteiger partial charge on any atom is -0.382 e. The Morgan fingerprint density at radius 2 is 2.10 bits per heavy atom. The number of nitrogens with zero attached hydrogens (tertiary/aromatic N) is 5. The van der Waals surface area contributed by atoms with Crippen LogP contribution in [-0.4, -0.2) is 39.8 Å². The zero-order chi connectivity index (χ0) is 15.0. The number of amidine groups is 2. The van der Waals surface area contributed by atoms with Gasteiger partial charge >= 0.3 is 0 Å². The Hall–Kier alpha value is -2.48. The molecular formula is C13H18N8. The Balaban J connectivity index is 1.93. The fraction of sp³-hybridized carbons (Fsp3) is 0.385. The molecule has 0 spiro atoms. The van der Waals surface area contributed by atoms with Crippen molar-refractivity contribution in [3.63, 3.8) is 0 Å². The van der Waals surface area contributed by atoms with Crippen LogP contribution in [0.5, 0.6) is 0 Å². The third-order valence-electron chi connectivity index (χ3n) is 3.65. The molecule has 2 atom stereocenters. The van der Waals surface area contributed by atoms with Gasteiger partial charge in [-0.3, -0.25) is 4.98 Å². The standard InChI is InChI=1S/C13H18N8/c1-7(10-11(14)16-5-4-15-10)21(3)13-9-6-17-20-12(9)18-8(2)19-13/h4-7,12,17,20H,1-3H3,(H2,14,16). The van der Waals surface area contributed by atoms with Crippen LogP contribution in [0.25, 0.3) is 0 Å². The van der Waals surface area contributed by atoms with Crippen LogP contribution in [0.15, 0.2) is 34.2 Å². The van der Waals surface area contributed by atoms with Crippen LogP contribution < -0.4 is 16.6 Å². The first-order valence-electron chi connectivity index (χ1n) is 6.71. The van der Waals surface area contributed by atoms with E-state index in [1.54, 1.807) is 12.4 Å². The fourth-order valence-corrected chi connectivity index (χ4v) is 2.41. The molecule has 0 saturated heterocycles. The molecule has 0 bridgehead atoms. The maximum absolute atomic E-state index is 5.92. The Labute approximate surface area is 122 Å². The lowest BCUT2D eigenvalue weighted by molar-refractivity contribution is 0.392. The topological polar surface area (TPSA) is 104 Å². The minimum absolute atomic E-state index is 0.0505. The van der Waals surface area contributed by atoms with Gasteiger partial charge in [0.1, 0.15) is 29.3 Å². The van der Waals surface area contributed by atoms with Crippen molar-refractivity contribution >= 4 is 17.5 Å². The van der Waals surface area contributed by atoms with Crippen LogP contribution in [0.3, 0.4) is 0 Å². The van der Waals surface area contributed by atoms with Gasteiger partial charge in [0.25, 0.3) is 0 Å². The first-order chi connectivity index (χ1) is 10.1. The molecule has 0 radical (unpaired) electrons. The summed E-state index contributed by atoms with van der Waals surface area (Å²) in [5.41, 5.74) is 13.7. The van der Waals surface area contributed by atoms with Gasteiger partial charge < -0.3 is 16.1 Å². The van der Waals surface area contributed by atoms with Gasteiger partial charge in [-0.1, -0.05) is 0 Å². The van der Waals surface area contributed by atoms with Gasteiger partial charge in [-0.2, -0.15) is 0 Å². The molecule has 4 N–H and O–H groups in total. The zero-order valence-corrected chi connectivity index (χ0v) is 12.2. The smallest absolute Gasteiger partial charge is 0.148 e. The summed E-state index contributed by atoms with van der Waals surface area (Å²) in [6, 6.07) is -0.0505. The van der Waals surface area contributed by atoms with Crippen LogP contribution in [0.1, 0.15) is 25.6 Å². The van der Waals surface area contributed by atoms with E-state index in [1.165, 1.54) is 0 Å². The lowest BCUT2D eigenvalue weighted by atomic mass is 10.1. The van der Waals surface area contributed by atoms with E-state index in [4.69, 9.17) is 5.73 Å². The van der Waals surface area contributed by atoms with Gasteiger partial charge in [0.2, 0.25) is 0 Å². The zero-order valence-electron chi connectivity index (χ0n) is 12.2. The molecule has 0 saturated carbocycles. The number of anilines is 1. The van der Waals surface area contributed by atoms with E-state index >= 15 is 0 Å². The highest BCUT2D eigenvalue weighted by molar-refractivity contribution is 6.08. The van der Waals surface area contributed by atoms with E-state index in [0.717, 1.165) is 22.9 Å². The van der Waals surface area contributed by atoms with Gasteiger partial charge in [-0.05, 0) is 13.8 Å². The second-order valence-electron chi connectivity index (χ2n) is 5.02. The summed E-state index contributed by atoms with van der Waals surface area (Å²) < 4.78 is 0. The summed E-state index contributed by atoms with van der Waals surface area (Å²) in [5, 5.41) is 0. The van der Waals surface area contributed by atoms with E-state index in [-0.39, 0.29) is 12.2 Å². The van der Waals surface area contributed by atoms with Crippen LogP contribution in [0, 0.1) is 0 Å². The SMILES string of the molecule is CC1=NC2NNC=C2C(N(C)C(C)c2nccnc2N)=N1. The number of nitrogen functional groups attached to an aromatic ring is 1. The molecule has 3 heterocycles. The number of hydrogen-bond donors (Lipinski definition) is 3. The number of rotatable bonds is 2. The maximum Gasteiger partial charge on any atom is 0.148 e. The van der Waals surface area contributed by atoms with Crippen molar-refractivity contribution in [2.24, 2.45) is 9.98 Å². The summed E-state index contributed by atoms with van der Waals surface area (Å²) >= 11 is 0. The fourth-order valence-electron chi connectivity index (χ4n) is 2.41.